The molecule has 1 heterocycles. The van der Waals surface area contributed by atoms with Crippen LogP contribution < -0.4 is 5.32 Å². The van der Waals surface area contributed by atoms with Gasteiger partial charge in [0.25, 0.3) is 0 Å². The minimum absolute atomic E-state index is 0.544. The number of hydrogen-bond acceptors (Lipinski definition) is 2. The summed E-state index contributed by atoms with van der Waals surface area (Å²) in [7, 11) is 2.14. The molecule has 1 N–H and O–H groups in total. The van der Waals surface area contributed by atoms with Gasteiger partial charge in [-0.1, -0.05) is 37.1 Å². The van der Waals surface area contributed by atoms with Gasteiger partial charge in [-0.25, -0.2) is 0 Å². The molecule has 1 saturated carbocycles. The van der Waals surface area contributed by atoms with E-state index in [1.54, 1.807) is 11.1 Å². The molecule has 0 aromatic heterocycles. The Labute approximate surface area is 121 Å². The van der Waals surface area contributed by atoms with Gasteiger partial charge in [-0.3, -0.25) is 0 Å². The maximum Gasteiger partial charge on any atom is 0.0441 e. The number of nitrogens with one attached hydrogen (secondary N) is 1. The Morgan fingerprint density at radius 2 is 1.95 bits per heavy atom. The summed E-state index contributed by atoms with van der Waals surface area (Å²) in [6.07, 6.45) is 8.39. The van der Waals surface area contributed by atoms with Crippen molar-refractivity contribution in [1.29, 1.82) is 0 Å². The summed E-state index contributed by atoms with van der Waals surface area (Å²) in [5.41, 5.74) is 3.20. The lowest BCUT2D eigenvalue weighted by molar-refractivity contribution is 0.410. The molecule has 2 aliphatic rings. The van der Waals surface area contributed by atoms with E-state index in [0.717, 1.165) is 11.2 Å². The fourth-order valence-corrected chi connectivity index (χ4v) is 4.94. The highest BCUT2D eigenvalue weighted by Crippen LogP contribution is 2.42. The first kappa shape index (κ1) is 13.5. The first-order chi connectivity index (χ1) is 9.40. The van der Waals surface area contributed by atoms with Gasteiger partial charge >= 0.3 is 0 Å². The molecule has 19 heavy (non-hydrogen) atoms. The topological polar surface area (TPSA) is 12.0 Å². The predicted molar refractivity (Wildman–Crippen MR) is 84.9 cm³/mol. The maximum atomic E-state index is 3.61. The zero-order valence-corrected chi connectivity index (χ0v) is 12.7. The third-order valence-corrected chi connectivity index (χ3v) is 6.23. The van der Waals surface area contributed by atoms with Crippen molar-refractivity contribution >= 4 is 11.8 Å². The van der Waals surface area contributed by atoms with Crippen LogP contribution in [0, 0.1) is 0 Å². The molecule has 2 fully saturated rings. The van der Waals surface area contributed by atoms with Gasteiger partial charge in [-0.05, 0) is 55.5 Å². The third-order valence-electron chi connectivity index (χ3n) is 4.77. The second kappa shape index (κ2) is 6.32. The molecule has 0 bridgehead atoms. The molecule has 2 heteroatoms. The van der Waals surface area contributed by atoms with E-state index < -0.39 is 0 Å². The molecule has 1 aromatic carbocycles. The van der Waals surface area contributed by atoms with Gasteiger partial charge in [0.2, 0.25) is 0 Å². The summed E-state index contributed by atoms with van der Waals surface area (Å²) in [5, 5.41) is 4.37. The van der Waals surface area contributed by atoms with Crippen molar-refractivity contribution < 1.29 is 0 Å². The minimum Gasteiger partial charge on any atom is -0.312 e. The summed E-state index contributed by atoms with van der Waals surface area (Å²) < 4.78 is 0. The Morgan fingerprint density at radius 1 is 1.11 bits per heavy atom. The lowest BCUT2D eigenvalue weighted by Gasteiger charge is -2.34. The Kier molecular flexibility index (Phi) is 4.49. The van der Waals surface area contributed by atoms with Gasteiger partial charge in [-0.2, -0.15) is 11.8 Å². The lowest BCUT2D eigenvalue weighted by atomic mass is 9.76. The molecule has 0 radical (unpaired) electrons. The fourth-order valence-electron chi connectivity index (χ4n) is 3.46. The van der Waals surface area contributed by atoms with Crippen LogP contribution in [0.4, 0.5) is 0 Å². The summed E-state index contributed by atoms with van der Waals surface area (Å²) >= 11 is 2.17. The molecule has 1 aromatic rings. The van der Waals surface area contributed by atoms with E-state index >= 15 is 0 Å². The largest absolute Gasteiger partial charge is 0.312 e. The molecule has 2 atom stereocenters. The van der Waals surface area contributed by atoms with Crippen LogP contribution in [0.25, 0.3) is 0 Å². The van der Waals surface area contributed by atoms with E-state index in [4.69, 9.17) is 0 Å². The standard InChI is InChI=1S/C17H25NS/c1-18-17(16-11-4-5-12-19-16)15-10-3-2-9-14(15)13-7-6-8-13/h2-3,9-10,13,16-18H,4-8,11-12H2,1H3. The molecule has 0 amide bonds. The van der Waals surface area contributed by atoms with Crippen molar-refractivity contribution in [2.75, 3.05) is 12.8 Å². The number of rotatable bonds is 4. The van der Waals surface area contributed by atoms with Crippen LogP contribution in [0.5, 0.6) is 0 Å². The minimum atomic E-state index is 0.544. The zero-order chi connectivity index (χ0) is 13.1. The Hall–Kier alpha value is -0.470. The van der Waals surface area contributed by atoms with Gasteiger partial charge in [0.15, 0.2) is 0 Å². The Bertz CT molecular complexity index is 407. The van der Waals surface area contributed by atoms with Crippen molar-refractivity contribution in [3.8, 4) is 0 Å². The predicted octanol–water partition coefficient (Wildman–Crippen LogP) is 4.50. The van der Waals surface area contributed by atoms with Gasteiger partial charge in [0, 0.05) is 11.3 Å². The van der Waals surface area contributed by atoms with Gasteiger partial charge < -0.3 is 5.32 Å². The highest BCUT2D eigenvalue weighted by atomic mass is 32.2. The van der Waals surface area contributed by atoms with Gasteiger partial charge in [-0.15, -0.1) is 0 Å². The Balaban J connectivity index is 1.85. The van der Waals surface area contributed by atoms with Crippen LogP contribution >= 0.6 is 11.8 Å². The van der Waals surface area contributed by atoms with E-state index in [2.05, 4.69) is 48.4 Å². The summed E-state index contributed by atoms with van der Waals surface area (Å²) in [4.78, 5) is 0. The van der Waals surface area contributed by atoms with E-state index in [9.17, 15) is 0 Å². The van der Waals surface area contributed by atoms with Crippen LogP contribution in [0.2, 0.25) is 0 Å². The van der Waals surface area contributed by atoms with E-state index in [1.165, 1.54) is 44.3 Å². The molecule has 2 unspecified atom stereocenters. The average Bonchev–Trinajstić information content (AvgIpc) is 2.41. The van der Waals surface area contributed by atoms with Crippen molar-refractivity contribution in [2.24, 2.45) is 0 Å². The monoisotopic (exact) mass is 275 g/mol. The first-order valence-electron chi connectivity index (χ1n) is 7.78. The average molecular weight is 275 g/mol. The van der Waals surface area contributed by atoms with E-state index in [-0.39, 0.29) is 0 Å². The molecule has 1 nitrogen and oxygen atoms in total. The van der Waals surface area contributed by atoms with Gasteiger partial charge in [0.05, 0.1) is 0 Å². The van der Waals surface area contributed by atoms with Crippen LogP contribution in [-0.4, -0.2) is 18.1 Å². The highest BCUT2D eigenvalue weighted by Gasteiger charge is 2.29. The molecular weight excluding hydrogens is 250 g/mol. The third kappa shape index (κ3) is 2.85. The fraction of sp³-hybridized carbons (Fsp3) is 0.647. The highest BCUT2D eigenvalue weighted by molar-refractivity contribution is 8.00. The SMILES string of the molecule is CNC(c1ccccc1C1CCC1)C1CCCCS1. The van der Waals surface area contributed by atoms with Crippen molar-refractivity contribution in [3.63, 3.8) is 0 Å². The zero-order valence-electron chi connectivity index (χ0n) is 11.9. The summed E-state index contributed by atoms with van der Waals surface area (Å²) in [6, 6.07) is 9.72. The molecule has 1 saturated heterocycles. The second-order valence-electron chi connectivity index (χ2n) is 5.93. The number of hydrogen-bond donors (Lipinski definition) is 1. The van der Waals surface area contributed by atoms with Crippen molar-refractivity contribution in [2.45, 2.75) is 55.7 Å². The molecular formula is C17H25NS. The van der Waals surface area contributed by atoms with Crippen LogP contribution in [0.1, 0.15) is 61.6 Å². The van der Waals surface area contributed by atoms with E-state index in [0.29, 0.717) is 6.04 Å². The van der Waals surface area contributed by atoms with Crippen molar-refractivity contribution in [3.05, 3.63) is 35.4 Å². The molecule has 104 valence electrons. The molecule has 0 spiro atoms. The quantitative estimate of drug-likeness (QED) is 0.868. The molecule has 1 aliphatic heterocycles. The second-order valence-corrected chi connectivity index (χ2v) is 7.28. The van der Waals surface area contributed by atoms with Crippen LogP contribution in [-0.2, 0) is 0 Å². The molecule has 3 rings (SSSR count). The first-order valence-corrected chi connectivity index (χ1v) is 8.82. The summed E-state index contributed by atoms with van der Waals surface area (Å²) in [5.74, 6) is 2.18. The molecule has 1 aliphatic carbocycles. The lowest BCUT2D eigenvalue weighted by Crippen LogP contribution is -2.31. The number of thioether (sulfide) groups is 1. The maximum absolute atomic E-state index is 3.61. The van der Waals surface area contributed by atoms with Crippen molar-refractivity contribution in [1.82, 2.24) is 5.32 Å². The van der Waals surface area contributed by atoms with E-state index in [1.807, 2.05) is 0 Å². The Morgan fingerprint density at radius 3 is 2.58 bits per heavy atom. The van der Waals surface area contributed by atoms with Gasteiger partial charge in [0.1, 0.15) is 0 Å². The normalized spacial score (nSPS) is 25.8. The number of benzene rings is 1. The van der Waals surface area contributed by atoms with Crippen LogP contribution in [0.3, 0.4) is 0 Å². The van der Waals surface area contributed by atoms with Crippen LogP contribution in [0.15, 0.2) is 24.3 Å². The summed E-state index contributed by atoms with van der Waals surface area (Å²) in [6.45, 7) is 0. The smallest absolute Gasteiger partial charge is 0.0441 e.